The van der Waals surface area contributed by atoms with Gasteiger partial charge in [0.15, 0.2) is 11.5 Å². The van der Waals surface area contributed by atoms with Crippen LogP contribution in [0.15, 0.2) is 42.5 Å². The third-order valence-corrected chi connectivity index (χ3v) is 4.06. The van der Waals surface area contributed by atoms with Crippen molar-refractivity contribution in [3.8, 4) is 17.2 Å². The standard InChI is InChI=1S/C19H22N2O4/c1-3-21(12-15-7-8-17-18(10-15)25-13-24-17)19(22)20-11-14-5-4-6-16(9-14)23-2/h4-10H,3,11-13H2,1-2H3,(H,20,22). The van der Waals surface area contributed by atoms with Crippen molar-refractivity contribution in [1.82, 2.24) is 10.2 Å². The monoisotopic (exact) mass is 342 g/mol. The van der Waals surface area contributed by atoms with Gasteiger partial charge in [-0.2, -0.15) is 0 Å². The minimum atomic E-state index is -0.108. The van der Waals surface area contributed by atoms with Crippen molar-refractivity contribution in [3.05, 3.63) is 53.6 Å². The Morgan fingerprint density at radius 2 is 2.00 bits per heavy atom. The summed E-state index contributed by atoms with van der Waals surface area (Å²) in [7, 11) is 1.63. The minimum Gasteiger partial charge on any atom is -0.497 e. The summed E-state index contributed by atoms with van der Waals surface area (Å²) in [6, 6.07) is 13.3. The van der Waals surface area contributed by atoms with Crippen LogP contribution >= 0.6 is 0 Å². The van der Waals surface area contributed by atoms with Crippen molar-refractivity contribution in [3.63, 3.8) is 0 Å². The molecule has 0 aromatic heterocycles. The molecule has 1 aliphatic rings. The molecule has 2 aromatic rings. The molecule has 0 radical (unpaired) electrons. The first kappa shape index (κ1) is 17.0. The van der Waals surface area contributed by atoms with Crippen LogP contribution < -0.4 is 19.5 Å². The van der Waals surface area contributed by atoms with E-state index in [1.807, 2.05) is 49.4 Å². The van der Waals surface area contributed by atoms with Gasteiger partial charge in [0.1, 0.15) is 5.75 Å². The van der Waals surface area contributed by atoms with Crippen LogP contribution in [0.4, 0.5) is 4.79 Å². The van der Waals surface area contributed by atoms with Crippen LogP contribution in [0.2, 0.25) is 0 Å². The Bertz CT molecular complexity index is 748. The molecular weight excluding hydrogens is 320 g/mol. The van der Waals surface area contributed by atoms with Gasteiger partial charge in [-0.1, -0.05) is 18.2 Å². The first-order valence-electron chi connectivity index (χ1n) is 8.24. The highest BCUT2D eigenvalue weighted by Gasteiger charge is 2.16. The molecule has 0 atom stereocenters. The maximum absolute atomic E-state index is 12.5. The lowest BCUT2D eigenvalue weighted by molar-refractivity contribution is 0.173. The predicted octanol–water partition coefficient (Wildman–Crippen LogP) is 3.16. The van der Waals surface area contributed by atoms with Gasteiger partial charge >= 0.3 is 6.03 Å². The maximum atomic E-state index is 12.5. The quantitative estimate of drug-likeness (QED) is 0.876. The normalized spacial score (nSPS) is 11.9. The molecular formula is C19H22N2O4. The summed E-state index contributed by atoms with van der Waals surface area (Å²) >= 11 is 0. The van der Waals surface area contributed by atoms with Crippen LogP contribution in [0.25, 0.3) is 0 Å². The number of methoxy groups -OCH3 is 1. The van der Waals surface area contributed by atoms with Gasteiger partial charge < -0.3 is 24.4 Å². The minimum absolute atomic E-state index is 0.108. The summed E-state index contributed by atoms with van der Waals surface area (Å²) in [4.78, 5) is 14.2. The maximum Gasteiger partial charge on any atom is 0.317 e. The SMILES string of the molecule is CCN(Cc1ccc2c(c1)OCO2)C(=O)NCc1cccc(OC)c1. The summed E-state index contributed by atoms with van der Waals surface area (Å²) in [6.45, 7) is 3.78. The number of fused-ring (bicyclic) bond motifs is 1. The Labute approximate surface area is 147 Å². The number of hydrogen-bond acceptors (Lipinski definition) is 4. The molecule has 0 saturated carbocycles. The smallest absolute Gasteiger partial charge is 0.317 e. The third-order valence-electron chi connectivity index (χ3n) is 4.06. The first-order chi connectivity index (χ1) is 12.2. The molecule has 0 spiro atoms. The lowest BCUT2D eigenvalue weighted by Gasteiger charge is -2.21. The van der Waals surface area contributed by atoms with E-state index in [0.717, 1.165) is 28.4 Å². The number of nitrogens with zero attached hydrogens (tertiary/aromatic N) is 1. The van der Waals surface area contributed by atoms with Gasteiger partial charge in [0.25, 0.3) is 0 Å². The van der Waals surface area contributed by atoms with Crippen molar-refractivity contribution in [2.75, 3.05) is 20.4 Å². The summed E-state index contributed by atoms with van der Waals surface area (Å²) in [5.41, 5.74) is 1.99. The summed E-state index contributed by atoms with van der Waals surface area (Å²) in [6.07, 6.45) is 0. The highest BCUT2D eigenvalue weighted by Crippen LogP contribution is 2.32. The van der Waals surface area contributed by atoms with Crippen LogP contribution in [-0.4, -0.2) is 31.4 Å². The van der Waals surface area contributed by atoms with Crippen LogP contribution in [0.1, 0.15) is 18.1 Å². The molecule has 0 aliphatic carbocycles. The molecule has 1 N–H and O–H groups in total. The zero-order valence-corrected chi connectivity index (χ0v) is 14.5. The number of benzene rings is 2. The molecule has 0 saturated heterocycles. The Kier molecular flexibility index (Phi) is 5.28. The van der Waals surface area contributed by atoms with E-state index in [0.29, 0.717) is 19.6 Å². The van der Waals surface area contributed by atoms with Crippen LogP contribution in [0.5, 0.6) is 17.2 Å². The third kappa shape index (κ3) is 4.15. The van der Waals surface area contributed by atoms with E-state index in [1.54, 1.807) is 12.0 Å². The number of hydrogen-bond donors (Lipinski definition) is 1. The number of amides is 2. The van der Waals surface area contributed by atoms with E-state index in [4.69, 9.17) is 14.2 Å². The molecule has 6 heteroatoms. The lowest BCUT2D eigenvalue weighted by atomic mass is 10.2. The number of carbonyl (C=O) groups excluding carboxylic acids is 1. The summed E-state index contributed by atoms with van der Waals surface area (Å²) in [5, 5.41) is 2.95. The zero-order valence-electron chi connectivity index (χ0n) is 14.5. The Hall–Kier alpha value is -2.89. The van der Waals surface area contributed by atoms with Crippen molar-refractivity contribution in [2.45, 2.75) is 20.0 Å². The second-order valence-electron chi connectivity index (χ2n) is 5.71. The van der Waals surface area contributed by atoms with Crippen molar-refractivity contribution < 1.29 is 19.0 Å². The highest BCUT2D eigenvalue weighted by atomic mass is 16.7. The number of urea groups is 1. The van der Waals surface area contributed by atoms with Crippen molar-refractivity contribution >= 4 is 6.03 Å². The molecule has 25 heavy (non-hydrogen) atoms. The second-order valence-corrected chi connectivity index (χ2v) is 5.71. The first-order valence-corrected chi connectivity index (χ1v) is 8.24. The fourth-order valence-electron chi connectivity index (χ4n) is 2.66. The van der Waals surface area contributed by atoms with E-state index in [-0.39, 0.29) is 12.8 Å². The van der Waals surface area contributed by atoms with E-state index < -0.39 is 0 Å². The van der Waals surface area contributed by atoms with E-state index >= 15 is 0 Å². The van der Waals surface area contributed by atoms with Gasteiger partial charge in [-0.25, -0.2) is 4.79 Å². The fraction of sp³-hybridized carbons (Fsp3) is 0.316. The van der Waals surface area contributed by atoms with Crippen molar-refractivity contribution in [2.24, 2.45) is 0 Å². The molecule has 1 aliphatic heterocycles. The number of ether oxygens (including phenoxy) is 3. The zero-order chi connectivity index (χ0) is 17.6. The molecule has 0 bridgehead atoms. The molecule has 132 valence electrons. The fourth-order valence-corrected chi connectivity index (χ4v) is 2.66. The van der Waals surface area contributed by atoms with Gasteiger partial charge in [0, 0.05) is 19.6 Å². The van der Waals surface area contributed by atoms with E-state index in [1.165, 1.54) is 0 Å². The average Bonchev–Trinajstić information content (AvgIpc) is 3.12. The van der Waals surface area contributed by atoms with Crippen LogP contribution in [0.3, 0.4) is 0 Å². The number of rotatable bonds is 6. The van der Waals surface area contributed by atoms with Crippen LogP contribution in [-0.2, 0) is 13.1 Å². The predicted molar refractivity (Wildman–Crippen MR) is 93.9 cm³/mol. The largest absolute Gasteiger partial charge is 0.497 e. The molecule has 0 fully saturated rings. The second kappa shape index (κ2) is 7.79. The molecule has 3 rings (SSSR count). The molecule has 1 heterocycles. The Balaban J connectivity index is 1.59. The van der Waals surface area contributed by atoms with Crippen LogP contribution in [0, 0.1) is 0 Å². The van der Waals surface area contributed by atoms with Gasteiger partial charge in [0.2, 0.25) is 6.79 Å². The van der Waals surface area contributed by atoms with Crippen molar-refractivity contribution in [1.29, 1.82) is 0 Å². The number of nitrogens with one attached hydrogen (secondary N) is 1. The summed E-state index contributed by atoms with van der Waals surface area (Å²) in [5.74, 6) is 2.25. The Morgan fingerprint density at radius 1 is 1.16 bits per heavy atom. The van der Waals surface area contributed by atoms with Gasteiger partial charge in [-0.15, -0.1) is 0 Å². The van der Waals surface area contributed by atoms with Gasteiger partial charge in [-0.3, -0.25) is 0 Å². The summed E-state index contributed by atoms with van der Waals surface area (Å²) < 4.78 is 15.9. The topological polar surface area (TPSA) is 60.0 Å². The molecule has 2 aromatic carbocycles. The van der Waals surface area contributed by atoms with E-state index in [2.05, 4.69) is 5.32 Å². The number of carbonyl (C=O) groups is 1. The average molecular weight is 342 g/mol. The van der Waals surface area contributed by atoms with Gasteiger partial charge in [0.05, 0.1) is 7.11 Å². The Morgan fingerprint density at radius 3 is 2.80 bits per heavy atom. The highest BCUT2D eigenvalue weighted by molar-refractivity contribution is 5.74. The molecule has 2 amide bonds. The van der Waals surface area contributed by atoms with E-state index in [9.17, 15) is 4.79 Å². The molecule has 6 nitrogen and oxygen atoms in total. The molecule has 0 unspecified atom stereocenters. The van der Waals surface area contributed by atoms with Gasteiger partial charge in [-0.05, 0) is 42.3 Å². The lowest BCUT2D eigenvalue weighted by Crippen LogP contribution is -2.39.